The van der Waals surface area contributed by atoms with Crippen LogP contribution in [0.1, 0.15) is 46.8 Å². The van der Waals surface area contributed by atoms with Crippen LogP contribution in [-0.2, 0) is 4.79 Å². The van der Waals surface area contributed by atoms with E-state index in [9.17, 15) is 14.4 Å². The van der Waals surface area contributed by atoms with Gasteiger partial charge >= 0.3 is 0 Å². The smallest absolute Gasteiger partial charge is 0.272 e. The Balaban J connectivity index is 1.59. The summed E-state index contributed by atoms with van der Waals surface area (Å²) in [5.74, 6) is -0.524. The molecule has 1 aromatic heterocycles. The summed E-state index contributed by atoms with van der Waals surface area (Å²) in [7, 11) is 0. The molecule has 8 heteroatoms. The van der Waals surface area contributed by atoms with Gasteiger partial charge in [-0.25, -0.2) is 4.98 Å². The molecule has 3 rings (SSSR count). The number of ketones is 1. The van der Waals surface area contributed by atoms with E-state index >= 15 is 0 Å². The lowest BCUT2D eigenvalue weighted by Crippen LogP contribution is -2.51. The van der Waals surface area contributed by atoms with Gasteiger partial charge in [-0.2, -0.15) is 0 Å². The van der Waals surface area contributed by atoms with Gasteiger partial charge in [0.1, 0.15) is 11.4 Å². The minimum absolute atomic E-state index is 0.00318. The van der Waals surface area contributed by atoms with Crippen LogP contribution in [0.2, 0.25) is 0 Å². The molecule has 0 spiro atoms. The van der Waals surface area contributed by atoms with E-state index in [1.54, 1.807) is 29.2 Å². The number of hydrogen-bond acceptors (Lipinski definition) is 5. The fraction of sp³-hybridized carbons (Fsp3) is 0.429. The SMILES string of the molecule is CC[C@H](C)NC(=O)CN1CCN(C(=O)c2[nH]cnc2C(=O)c2ccccc2)CC1. The van der Waals surface area contributed by atoms with Gasteiger partial charge in [0.2, 0.25) is 11.7 Å². The predicted octanol–water partition coefficient (Wildman–Crippen LogP) is 1.31. The first-order valence-electron chi connectivity index (χ1n) is 9.93. The molecule has 1 atom stereocenters. The summed E-state index contributed by atoms with van der Waals surface area (Å²) >= 11 is 0. The topological polar surface area (TPSA) is 98.4 Å². The number of nitrogens with one attached hydrogen (secondary N) is 2. The van der Waals surface area contributed by atoms with E-state index in [0.717, 1.165) is 6.42 Å². The summed E-state index contributed by atoms with van der Waals surface area (Å²) in [5.41, 5.74) is 0.837. The van der Waals surface area contributed by atoms with Crippen molar-refractivity contribution in [1.29, 1.82) is 0 Å². The molecule has 0 unspecified atom stereocenters. The third kappa shape index (κ3) is 5.08. The maximum Gasteiger partial charge on any atom is 0.272 e. The van der Waals surface area contributed by atoms with Crippen molar-refractivity contribution in [1.82, 2.24) is 25.1 Å². The molecule has 154 valence electrons. The van der Waals surface area contributed by atoms with Crippen molar-refractivity contribution in [2.75, 3.05) is 32.7 Å². The minimum atomic E-state index is -0.282. The van der Waals surface area contributed by atoms with Gasteiger partial charge in [-0.15, -0.1) is 0 Å². The number of carbonyl (C=O) groups excluding carboxylic acids is 3. The van der Waals surface area contributed by atoms with E-state index in [1.807, 2.05) is 24.8 Å². The van der Waals surface area contributed by atoms with Crippen LogP contribution in [0.4, 0.5) is 0 Å². The van der Waals surface area contributed by atoms with Gasteiger partial charge in [0.25, 0.3) is 5.91 Å². The highest BCUT2D eigenvalue weighted by Crippen LogP contribution is 2.14. The molecule has 0 bridgehead atoms. The van der Waals surface area contributed by atoms with Crippen molar-refractivity contribution in [2.24, 2.45) is 0 Å². The van der Waals surface area contributed by atoms with Crippen LogP contribution in [0.3, 0.4) is 0 Å². The number of benzene rings is 1. The number of aromatic nitrogens is 2. The molecular formula is C21H27N5O3. The zero-order valence-electron chi connectivity index (χ0n) is 16.9. The quantitative estimate of drug-likeness (QED) is 0.687. The van der Waals surface area contributed by atoms with Crippen molar-refractivity contribution < 1.29 is 14.4 Å². The Bertz CT molecular complexity index is 856. The third-order valence-electron chi connectivity index (χ3n) is 5.15. The number of nitrogens with zero attached hydrogens (tertiary/aromatic N) is 3. The van der Waals surface area contributed by atoms with Crippen LogP contribution < -0.4 is 5.32 Å². The molecule has 2 heterocycles. The average molecular weight is 397 g/mol. The number of aromatic amines is 1. The molecule has 2 amide bonds. The summed E-state index contributed by atoms with van der Waals surface area (Å²) in [6.07, 6.45) is 2.27. The van der Waals surface area contributed by atoms with Gasteiger partial charge in [-0.3, -0.25) is 19.3 Å². The first kappa shape index (κ1) is 20.7. The van der Waals surface area contributed by atoms with Crippen LogP contribution in [-0.4, -0.2) is 76.1 Å². The molecule has 1 aromatic carbocycles. The van der Waals surface area contributed by atoms with Gasteiger partial charge in [0.05, 0.1) is 12.9 Å². The van der Waals surface area contributed by atoms with Gasteiger partial charge < -0.3 is 15.2 Å². The Morgan fingerprint density at radius 3 is 2.48 bits per heavy atom. The highest BCUT2D eigenvalue weighted by Gasteiger charge is 2.28. The van der Waals surface area contributed by atoms with E-state index in [2.05, 4.69) is 15.3 Å². The number of amides is 2. The minimum Gasteiger partial charge on any atom is -0.353 e. The number of piperazine rings is 1. The largest absolute Gasteiger partial charge is 0.353 e. The van der Waals surface area contributed by atoms with Crippen LogP contribution >= 0.6 is 0 Å². The summed E-state index contributed by atoms with van der Waals surface area (Å²) in [6.45, 7) is 6.54. The zero-order valence-corrected chi connectivity index (χ0v) is 16.9. The summed E-state index contributed by atoms with van der Waals surface area (Å²) in [4.78, 5) is 48.3. The van der Waals surface area contributed by atoms with Gasteiger partial charge in [0, 0.05) is 37.8 Å². The summed E-state index contributed by atoms with van der Waals surface area (Å²) in [6, 6.07) is 8.95. The molecule has 0 radical (unpaired) electrons. The Morgan fingerprint density at radius 2 is 1.83 bits per heavy atom. The molecule has 2 aromatic rings. The lowest BCUT2D eigenvalue weighted by Gasteiger charge is -2.34. The van der Waals surface area contributed by atoms with Crippen LogP contribution in [0, 0.1) is 0 Å². The fourth-order valence-electron chi connectivity index (χ4n) is 3.25. The normalized spacial score (nSPS) is 15.7. The van der Waals surface area contributed by atoms with E-state index in [4.69, 9.17) is 0 Å². The van der Waals surface area contributed by atoms with Crippen LogP contribution in [0.5, 0.6) is 0 Å². The number of rotatable bonds is 7. The predicted molar refractivity (Wildman–Crippen MR) is 109 cm³/mol. The van der Waals surface area contributed by atoms with Crippen molar-refractivity contribution in [2.45, 2.75) is 26.3 Å². The Labute approximate surface area is 170 Å². The molecule has 2 N–H and O–H groups in total. The van der Waals surface area contributed by atoms with Crippen molar-refractivity contribution in [3.8, 4) is 0 Å². The van der Waals surface area contributed by atoms with Crippen molar-refractivity contribution >= 4 is 17.6 Å². The second kappa shape index (κ2) is 9.47. The second-order valence-corrected chi connectivity index (χ2v) is 7.27. The van der Waals surface area contributed by atoms with Crippen molar-refractivity contribution in [3.63, 3.8) is 0 Å². The Hall–Kier alpha value is -3.00. The Morgan fingerprint density at radius 1 is 1.14 bits per heavy atom. The molecule has 1 aliphatic heterocycles. The number of hydrogen-bond donors (Lipinski definition) is 2. The van der Waals surface area contributed by atoms with Gasteiger partial charge in [-0.1, -0.05) is 37.3 Å². The maximum atomic E-state index is 12.9. The second-order valence-electron chi connectivity index (χ2n) is 7.27. The number of carbonyl (C=O) groups is 3. The standard InChI is InChI=1S/C21H27N5O3/c1-3-15(2)24-17(27)13-25-9-11-26(12-10-25)21(29)19-18(22-14-23-19)20(28)16-7-5-4-6-8-16/h4-8,14-15H,3,9-13H2,1-2H3,(H,22,23)(H,24,27)/t15-/m0/s1. The third-order valence-corrected chi connectivity index (χ3v) is 5.15. The van der Waals surface area contributed by atoms with Crippen LogP contribution in [0.25, 0.3) is 0 Å². The van der Waals surface area contributed by atoms with E-state index in [-0.39, 0.29) is 35.0 Å². The lowest BCUT2D eigenvalue weighted by atomic mass is 10.1. The highest BCUT2D eigenvalue weighted by atomic mass is 16.2. The molecule has 1 fully saturated rings. The lowest BCUT2D eigenvalue weighted by molar-refractivity contribution is -0.123. The average Bonchev–Trinajstić information content (AvgIpc) is 3.23. The van der Waals surface area contributed by atoms with Gasteiger partial charge in [0.15, 0.2) is 0 Å². The van der Waals surface area contributed by atoms with E-state index in [0.29, 0.717) is 38.3 Å². The molecule has 8 nitrogen and oxygen atoms in total. The first-order chi connectivity index (χ1) is 14.0. The molecular weight excluding hydrogens is 370 g/mol. The van der Waals surface area contributed by atoms with Gasteiger partial charge in [-0.05, 0) is 13.3 Å². The maximum absolute atomic E-state index is 12.9. The highest BCUT2D eigenvalue weighted by molar-refractivity contribution is 6.13. The summed E-state index contributed by atoms with van der Waals surface area (Å²) < 4.78 is 0. The number of imidazole rings is 1. The van der Waals surface area contributed by atoms with Crippen molar-refractivity contribution in [3.05, 3.63) is 53.6 Å². The Kier molecular flexibility index (Phi) is 6.77. The molecule has 0 saturated carbocycles. The molecule has 1 aliphatic rings. The molecule has 1 saturated heterocycles. The molecule has 0 aliphatic carbocycles. The first-order valence-corrected chi connectivity index (χ1v) is 9.93. The fourth-order valence-corrected chi connectivity index (χ4v) is 3.25. The monoisotopic (exact) mass is 397 g/mol. The number of H-pyrrole nitrogens is 1. The van der Waals surface area contributed by atoms with E-state index in [1.165, 1.54) is 6.33 Å². The molecule has 29 heavy (non-hydrogen) atoms. The summed E-state index contributed by atoms with van der Waals surface area (Å²) in [5, 5.41) is 2.96. The van der Waals surface area contributed by atoms with Crippen LogP contribution in [0.15, 0.2) is 36.7 Å². The van der Waals surface area contributed by atoms with E-state index < -0.39 is 0 Å². The zero-order chi connectivity index (χ0) is 20.8.